The van der Waals surface area contributed by atoms with Gasteiger partial charge in [0.25, 0.3) is 5.56 Å². The van der Waals surface area contributed by atoms with Crippen LogP contribution in [0.3, 0.4) is 0 Å². The molecule has 0 saturated carbocycles. The van der Waals surface area contributed by atoms with Gasteiger partial charge in [0.2, 0.25) is 5.95 Å². The number of hydrogen-bond donors (Lipinski definition) is 3. The minimum absolute atomic E-state index is 0.0402. The molecule has 0 unspecified atom stereocenters. The number of benzene rings is 1. The molecular weight excluding hydrogens is 270 g/mol. The number of aryl methyl sites for hydroxylation is 1. The molecule has 0 spiro atoms. The van der Waals surface area contributed by atoms with E-state index in [2.05, 4.69) is 25.7 Å². The van der Waals surface area contributed by atoms with Gasteiger partial charge in [0.15, 0.2) is 0 Å². The second-order valence-electron chi connectivity index (χ2n) is 3.66. The van der Waals surface area contributed by atoms with Crippen molar-refractivity contribution >= 4 is 23.8 Å². The van der Waals surface area contributed by atoms with E-state index in [0.717, 1.165) is 0 Å². The third-order valence-electron chi connectivity index (χ3n) is 2.22. The number of hydrogen-bond acceptors (Lipinski definition) is 6. The number of aromatic nitrogens is 3. The van der Waals surface area contributed by atoms with Gasteiger partial charge in [-0.25, -0.2) is 5.43 Å². The highest BCUT2D eigenvalue weighted by atomic mass is 35.5. The molecule has 0 aliphatic heterocycles. The molecular formula is C11H10ClN5O2. The van der Waals surface area contributed by atoms with Gasteiger partial charge in [0, 0.05) is 10.6 Å². The topological polar surface area (TPSA) is 103 Å². The summed E-state index contributed by atoms with van der Waals surface area (Å²) in [5, 5.41) is 21.2. The summed E-state index contributed by atoms with van der Waals surface area (Å²) >= 11 is 5.79. The molecule has 0 aliphatic rings. The fourth-order valence-corrected chi connectivity index (χ4v) is 1.42. The van der Waals surface area contributed by atoms with Gasteiger partial charge in [-0.3, -0.25) is 9.78 Å². The predicted octanol–water partition coefficient (Wildman–Crippen LogP) is 1.28. The highest BCUT2D eigenvalue weighted by Crippen LogP contribution is 2.19. The van der Waals surface area contributed by atoms with Crippen LogP contribution in [0.4, 0.5) is 5.95 Å². The molecule has 0 amide bonds. The summed E-state index contributed by atoms with van der Waals surface area (Å²) in [5.41, 5.74) is 2.84. The number of anilines is 1. The summed E-state index contributed by atoms with van der Waals surface area (Å²) < 4.78 is 0. The Morgan fingerprint density at radius 2 is 2.26 bits per heavy atom. The molecule has 0 bridgehead atoms. The molecule has 1 aromatic carbocycles. The molecule has 0 saturated heterocycles. The lowest BCUT2D eigenvalue weighted by Gasteiger charge is -2.00. The van der Waals surface area contributed by atoms with Gasteiger partial charge >= 0.3 is 0 Å². The quantitative estimate of drug-likeness (QED) is 0.580. The number of phenolic OH excluding ortho intramolecular Hbond substituents is 1. The average molecular weight is 280 g/mol. The normalized spacial score (nSPS) is 10.8. The fraction of sp³-hybridized carbons (Fsp3) is 0.0909. The summed E-state index contributed by atoms with van der Waals surface area (Å²) in [4.78, 5) is 13.7. The van der Waals surface area contributed by atoms with Crippen LogP contribution in [-0.4, -0.2) is 26.5 Å². The van der Waals surface area contributed by atoms with Gasteiger partial charge in [-0.15, -0.1) is 10.2 Å². The van der Waals surface area contributed by atoms with Crippen molar-refractivity contribution in [3.8, 4) is 5.75 Å². The summed E-state index contributed by atoms with van der Waals surface area (Å²) in [7, 11) is 0. The van der Waals surface area contributed by atoms with Gasteiger partial charge in [-0.05, 0) is 25.1 Å². The Kier molecular flexibility index (Phi) is 3.76. The number of nitrogens with one attached hydrogen (secondary N) is 2. The van der Waals surface area contributed by atoms with E-state index in [4.69, 9.17) is 11.6 Å². The third kappa shape index (κ3) is 3.29. The van der Waals surface area contributed by atoms with Crippen molar-refractivity contribution < 1.29 is 5.11 Å². The zero-order chi connectivity index (χ0) is 13.8. The lowest BCUT2D eigenvalue weighted by molar-refractivity contribution is 0.474. The number of nitrogens with zero attached hydrogens (tertiary/aromatic N) is 3. The molecule has 0 atom stereocenters. The standard InChI is InChI=1S/C11H10ClN5O2/c1-6-10(19)14-11(17-15-6)16-13-5-7-4-8(12)2-3-9(7)18/h2-5,18H,1H3,(H2,14,16,17,19). The summed E-state index contributed by atoms with van der Waals surface area (Å²) in [6.07, 6.45) is 1.35. The maximum atomic E-state index is 11.3. The maximum Gasteiger partial charge on any atom is 0.274 e. The van der Waals surface area contributed by atoms with Crippen molar-refractivity contribution in [2.75, 3.05) is 5.43 Å². The maximum absolute atomic E-state index is 11.3. The van der Waals surface area contributed by atoms with Crippen molar-refractivity contribution in [3.63, 3.8) is 0 Å². The van der Waals surface area contributed by atoms with E-state index in [-0.39, 0.29) is 23.0 Å². The lowest BCUT2D eigenvalue weighted by atomic mass is 10.2. The van der Waals surface area contributed by atoms with Crippen LogP contribution in [0.15, 0.2) is 28.1 Å². The van der Waals surface area contributed by atoms with Crippen LogP contribution in [-0.2, 0) is 0 Å². The summed E-state index contributed by atoms with van der Waals surface area (Å²) in [6, 6.07) is 4.56. The first-order chi connectivity index (χ1) is 9.06. The van der Waals surface area contributed by atoms with E-state index in [1.165, 1.54) is 12.3 Å². The van der Waals surface area contributed by atoms with E-state index in [1.54, 1.807) is 19.1 Å². The number of halogens is 1. The van der Waals surface area contributed by atoms with Crippen LogP contribution in [0.1, 0.15) is 11.3 Å². The number of aromatic amines is 1. The molecule has 2 rings (SSSR count). The van der Waals surface area contributed by atoms with E-state index in [9.17, 15) is 9.90 Å². The highest BCUT2D eigenvalue weighted by molar-refractivity contribution is 6.30. The number of hydrazone groups is 1. The Bertz CT molecular complexity index is 683. The molecule has 98 valence electrons. The fourth-order valence-electron chi connectivity index (χ4n) is 1.24. The van der Waals surface area contributed by atoms with Crippen LogP contribution in [0.2, 0.25) is 5.02 Å². The minimum Gasteiger partial charge on any atom is -0.507 e. The molecule has 7 nitrogen and oxygen atoms in total. The van der Waals surface area contributed by atoms with Crippen LogP contribution >= 0.6 is 11.6 Å². The Morgan fingerprint density at radius 3 is 3.00 bits per heavy atom. The third-order valence-corrected chi connectivity index (χ3v) is 2.46. The largest absolute Gasteiger partial charge is 0.507 e. The predicted molar refractivity (Wildman–Crippen MR) is 71.7 cm³/mol. The smallest absolute Gasteiger partial charge is 0.274 e. The first kappa shape index (κ1) is 13.0. The second kappa shape index (κ2) is 5.49. The average Bonchev–Trinajstić information content (AvgIpc) is 2.38. The van der Waals surface area contributed by atoms with Gasteiger partial charge in [-0.2, -0.15) is 5.10 Å². The molecule has 3 N–H and O–H groups in total. The SMILES string of the molecule is Cc1nnc(NN=Cc2cc(Cl)ccc2O)[nH]c1=O. The van der Waals surface area contributed by atoms with E-state index < -0.39 is 0 Å². The summed E-state index contributed by atoms with van der Waals surface area (Å²) in [6.45, 7) is 1.54. The molecule has 8 heteroatoms. The zero-order valence-electron chi connectivity index (χ0n) is 9.88. The second-order valence-corrected chi connectivity index (χ2v) is 4.10. The van der Waals surface area contributed by atoms with Crippen molar-refractivity contribution in [1.29, 1.82) is 0 Å². The monoisotopic (exact) mass is 279 g/mol. The molecule has 0 fully saturated rings. The van der Waals surface area contributed by atoms with Gasteiger partial charge in [0.1, 0.15) is 11.4 Å². The van der Waals surface area contributed by atoms with Gasteiger partial charge in [-0.1, -0.05) is 11.6 Å². The Morgan fingerprint density at radius 1 is 1.47 bits per heavy atom. The van der Waals surface area contributed by atoms with Crippen molar-refractivity contribution in [1.82, 2.24) is 15.2 Å². The molecule has 0 aliphatic carbocycles. The van der Waals surface area contributed by atoms with Crippen LogP contribution in [0.5, 0.6) is 5.75 Å². The zero-order valence-corrected chi connectivity index (χ0v) is 10.6. The van der Waals surface area contributed by atoms with Gasteiger partial charge < -0.3 is 5.11 Å². The van der Waals surface area contributed by atoms with Crippen molar-refractivity contribution in [2.45, 2.75) is 6.92 Å². The number of rotatable bonds is 3. The molecule has 0 radical (unpaired) electrons. The van der Waals surface area contributed by atoms with Gasteiger partial charge in [0.05, 0.1) is 6.21 Å². The molecule has 2 aromatic rings. The van der Waals surface area contributed by atoms with Crippen molar-refractivity contribution in [3.05, 3.63) is 44.8 Å². The molecule has 1 heterocycles. The minimum atomic E-state index is -0.349. The number of phenols is 1. The Labute approximate surface area is 113 Å². The number of H-pyrrole nitrogens is 1. The molecule has 1 aromatic heterocycles. The van der Waals surface area contributed by atoms with E-state index in [1.807, 2.05) is 0 Å². The van der Waals surface area contributed by atoms with E-state index in [0.29, 0.717) is 10.6 Å². The first-order valence-corrected chi connectivity index (χ1v) is 5.65. The first-order valence-electron chi connectivity index (χ1n) is 5.27. The van der Waals surface area contributed by atoms with Crippen LogP contribution in [0.25, 0.3) is 0 Å². The van der Waals surface area contributed by atoms with E-state index >= 15 is 0 Å². The Hall–Kier alpha value is -2.41. The van der Waals surface area contributed by atoms with Crippen molar-refractivity contribution in [2.24, 2.45) is 5.10 Å². The Balaban J connectivity index is 2.13. The number of aromatic hydroxyl groups is 1. The van der Waals surface area contributed by atoms with Crippen LogP contribution < -0.4 is 11.0 Å². The lowest BCUT2D eigenvalue weighted by Crippen LogP contribution is -2.15. The van der Waals surface area contributed by atoms with Crippen LogP contribution in [0, 0.1) is 6.92 Å². The summed E-state index contributed by atoms with van der Waals surface area (Å²) in [5.74, 6) is 0.145. The highest BCUT2D eigenvalue weighted by Gasteiger charge is 2.00. The molecule has 19 heavy (non-hydrogen) atoms.